The van der Waals surface area contributed by atoms with E-state index in [0.29, 0.717) is 29.5 Å². The maximum Gasteiger partial charge on any atom is 0.251 e. The number of ketones is 1. The molecule has 2 aromatic carbocycles. The molecule has 3 amide bonds. The van der Waals surface area contributed by atoms with Crippen LogP contribution in [0.25, 0.3) is 0 Å². The molecule has 0 aliphatic carbocycles. The number of ether oxygens (including phenoxy) is 3. The van der Waals surface area contributed by atoms with Gasteiger partial charge in [0.15, 0.2) is 18.3 Å². The molecule has 1 aromatic heterocycles. The highest BCUT2D eigenvalue weighted by atomic mass is 16.7. The summed E-state index contributed by atoms with van der Waals surface area (Å²) >= 11 is 0. The van der Waals surface area contributed by atoms with Gasteiger partial charge in [-0.05, 0) is 31.4 Å². The summed E-state index contributed by atoms with van der Waals surface area (Å²) in [6.07, 6.45) is -8.27. The summed E-state index contributed by atoms with van der Waals surface area (Å²) in [7, 11) is 0. The van der Waals surface area contributed by atoms with Crippen molar-refractivity contribution in [1.29, 1.82) is 0 Å². The predicted octanol–water partition coefficient (Wildman–Crippen LogP) is -2.93. The molecule has 3 aromatic rings. The summed E-state index contributed by atoms with van der Waals surface area (Å²) in [5.41, 5.74) is 1.64. The molecule has 20 nitrogen and oxygen atoms in total. The van der Waals surface area contributed by atoms with Crippen LogP contribution in [0.4, 0.5) is 0 Å². The van der Waals surface area contributed by atoms with Crippen LogP contribution >= 0.6 is 0 Å². The van der Waals surface area contributed by atoms with E-state index in [4.69, 9.17) is 20.6 Å². The van der Waals surface area contributed by atoms with Crippen LogP contribution in [-0.2, 0) is 30.2 Å². The van der Waals surface area contributed by atoms with Crippen LogP contribution in [0.3, 0.4) is 0 Å². The standard InChI is InChI=1S/C40H50N6O14/c1-2-17-41-38(57)26(10-6-7-18-42-37(56)24-13-11-23(12-14-24)30(50)22-8-4-3-5-9-22)43-29(49)16-15-25-19-46(45-44-25)39-34(54)33(53)36(28(21-48)58-39)60-40-35(55)32(52)31(51)27(20-47)59-40/h1,3-5,8-9,11-14,19,26-28,31-36,39-40,47-48,51-55H,6-7,10,15-18,20-21H2,(H,41,57)(H,42,56)(H,43,49)/t26?,27-,28-,31+,32+,33-,34-,35-,36-,39-,40+/m1/s1. The van der Waals surface area contributed by atoms with Gasteiger partial charge < -0.3 is 65.9 Å². The largest absolute Gasteiger partial charge is 0.394 e. The lowest BCUT2D eigenvalue weighted by Gasteiger charge is -2.45. The number of aryl methyl sites for hydroxylation is 1. The average molecular weight is 839 g/mol. The van der Waals surface area contributed by atoms with E-state index in [-0.39, 0.29) is 49.7 Å². The number of terminal acetylenes is 1. The SMILES string of the molecule is C#CCNC(=O)C(CCCCNC(=O)c1ccc(C(=O)c2ccccc2)cc1)NC(=O)CCc1cn([C@@H]2O[C@H](CO)[C@@H](O[C@@H]3O[C@H](CO)[C@H](O)[C@H](O)[C@H]3O)[C@H](O)[C@H]2O)nn1. The molecular formula is C40H50N6O14. The second kappa shape index (κ2) is 21.9. The molecule has 5 rings (SSSR count). The number of nitrogens with one attached hydrogen (secondary N) is 3. The number of benzene rings is 2. The minimum absolute atomic E-state index is 0.0373. The monoisotopic (exact) mass is 838 g/mol. The second-order valence-electron chi connectivity index (χ2n) is 14.3. The summed E-state index contributed by atoms with van der Waals surface area (Å²) in [5, 5.41) is 87.9. The number of unbranched alkanes of at least 4 members (excludes halogenated alkanes) is 1. The number of rotatable bonds is 19. The highest BCUT2D eigenvalue weighted by Crippen LogP contribution is 2.32. The van der Waals surface area contributed by atoms with E-state index >= 15 is 0 Å². The van der Waals surface area contributed by atoms with Crippen LogP contribution in [0.15, 0.2) is 60.8 Å². The van der Waals surface area contributed by atoms with E-state index in [1.54, 1.807) is 48.5 Å². The number of carbonyl (C=O) groups is 4. The van der Waals surface area contributed by atoms with Crippen molar-refractivity contribution < 1.29 is 69.1 Å². The van der Waals surface area contributed by atoms with E-state index in [1.807, 2.05) is 6.07 Å². The number of nitrogens with zero attached hydrogens (tertiary/aromatic N) is 3. The minimum Gasteiger partial charge on any atom is -0.394 e. The van der Waals surface area contributed by atoms with E-state index in [1.165, 1.54) is 6.20 Å². The first kappa shape index (κ1) is 45.9. The molecular weight excluding hydrogens is 788 g/mol. The van der Waals surface area contributed by atoms with Crippen LogP contribution < -0.4 is 16.0 Å². The molecule has 11 atom stereocenters. The highest BCUT2D eigenvalue weighted by molar-refractivity contribution is 6.09. The van der Waals surface area contributed by atoms with Crippen molar-refractivity contribution in [2.45, 2.75) is 99.5 Å². The predicted molar refractivity (Wildman–Crippen MR) is 206 cm³/mol. The molecule has 2 aliphatic rings. The van der Waals surface area contributed by atoms with Gasteiger partial charge in [-0.3, -0.25) is 19.2 Å². The molecule has 2 fully saturated rings. The van der Waals surface area contributed by atoms with Crippen LogP contribution in [0, 0.1) is 12.3 Å². The lowest BCUT2D eigenvalue weighted by Crippen LogP contribution is -2.63. The van der Waals surface area contributed by atoms with Crippen molar-refractivity contribution in [3.8, 4) is 12.3 Å². The zero-order valence-corrected chi connectivity index (χ0v) is 32.4. The molecule has 20 heteroatoms. The smallest absolute Gasteiger partial charge is 0.251 e. The Labute approximate surface area is 344 Å². The topological polar surface area (TPSA) is 304 Å². The van der Waals surface area contributed by atoms with Crippen molar-refractivity contribution >= 4 is 23.5 Å². The van der Waals surface area contributed by atoms with Gasteiger partial charge in [0.05, 0.1) is 31.6 Å². The summed E-state index contributed by atoms with van der Waals surface area (Å²) in [5.74, 6) is 0.839. The first-order valence-electron chi connectivity index (χ1n) is 19.3. The first-order valence-corrected chi connectivity index (χ1v) is 19.3. The van der Waals surface area contributed by atoms with Crippen LogP contribution in [-0.4, -0.2) is 162 Å². The number of aliphatic hydroxyl groups is 7. The number of hydrogen-bond donors (Lipinski definition) is 10. The van der Waals surface area contributed by atoms with Gasteiger partial charge >= 0.3 is 0 Å². The van der Waals surface area contributed by atoms with Crippen molar-refractivity contribution in [2.24, 2.45) is 0 Å². The maximum atomic E-state index is 13.0. The highest BCUT2D eigenvalue weighted by Gasteiger charge is 2.51. The quantitative estimate of drug-likeness (QED) is 0.0328. The van der Waals surface area contributed by atoms with E-state index in [9.17, 15) is 54.9 Å². The number of aromatic nitrogens is 3. The Morgan fingerprint density at radius 3 is 2.18 bits per heavy atom. The maximum absolute atomic E-state index is 13.0. The van der Waals surface area contributed by atoms with Crippen molar-refractivity contribution in [1.82, 2.24) is 30.9 Å². The Hall–Kier alpha value is -5.18. The minimum atomic E-state index is -1.82. The Morgan fingerprint density at radius 1 is 0.817 bits per heavy atom. The zero-order valence-electron chi connectivity index (χ0n) is 32.4. The van der Waals surface area contributed by atoms with E-state index < -0.39 is 92.4 Å². The van der Waals surface area contributed by atoms with Gasteiger partial charge in [-0.1, -0.05) is 53.6 Å². The van der Waals surface area contributed by atoms with E-state index in [2.05, 4.69) is 32.2 Å². The average Bonchev–Trinajstić information content (AvgIpc) is 3.74. The fraction of sp³-hybridized carbons (Fsp3) is 0.500. The van der Waals surface area contributed by atoms with Gasteiger partial charge in [-0.15, -0.1) is 11.5 Å². The summed E-state index contributed by atoms with van der Waals surface area (Å²) in [6, 6.07) is 14.2. The molecule has 60 heavy (non-hydrogen) atoms. The van der Waals surface area contributed by atoms with Gasteiger partial charge in [0.1, 0.15) is 54.9 Å². The summed E-state index contributed by atoms with van der Waals surface area (Å²) in [6.45, 7) is -1.25. The Morgan fingerprint density at radius 2 is 1.50 bits per heavy atom. The van der Waals surface area contributed by atoms with Crippen LogP contribution in [0.5, 0.6) is 0 Å². The van der Waals surface area contributed by atoms with Gasteiger partial charge in [0, 0.05) is 36.1 Å². The molecule has 1 unspecified atom stereocenters. The van der Waals surface area contributed by atoms with Crippen molar-refractivity contribution in [3.63, 3.8) is 0 Å². The summed E-state index contributed by atoms with van der Waals surface area (Å²) in [4.78, 5) is 51.2. The number of amides is 3. The number of carbonyl (C=O) groups excluding carboxylic acids is 4. The van der Waals surface area contributed by atoms with Gasteiger partial charge in [0.2, 0.25) is 11.8 Å². The Balaban J connectivity index is 1.08. The molecule has 0 saturated carbocycles. The molecule has 0 radical (unpaired) electrons. The molecule has 2 saturated heterocycles. The fourth-order valence-electron chi connectivity index (χ4n) is 6.69. The third kappa shape index (κ3) is 11.5. The van der Waals surface area contributed by atoms with Gasteiger partial charge in [0.25, 0.3) is 5.91 Å². The molecule has 0 bridgehead atoms. The zero-order chi connectivity index (χ0) is 43.3. The fourth-order valence-corrected chi connectivity index (χ4v) is 6.69. The molecule has 324 valence electrons. The first-order chi connectivity index (χ1) is 28.9. The number of hydrogen-bond acceptors (Lipinski definition) is 16. The van der Waals surface area contributed by atoms with Gasteiger partial charge in [-0.2, -0.15) is 0 Å². The van der Waals surface area contributed by atoms with Crippen LogP contribution in [0.1, 0.15) is 63.9 Å². The Bertz CT molecular complexity index is 1920. The van der Waals surface area contributed by atoms with Crippen LogP contribution in [0.2, 0.25) is 0 Å². The van der Waals surface area contributed by atoms with Crippen molar-refractivity contribution in [3.05, 3.63) is 83.2 Å². The van der Waals surface area contributed by atoms with E-state index in [0.717, 1.165) is 4.68 Å². The lowest BCUT2D eigenvalue weighted by atomic mass is 9.96. The number of aliphatic hydroxyl groups excluding tert-OH is 7. The normalized spacial score (nSPS) is 27.0. The lowest BCUT2D eigenvalue weighted by molar-refractivity contribution is -0.347. The molecule has 0 spiro atoms. The second-order valence-corrected chi connectivity index (χ2v) is 14.3. The van der Waals surface area contributed by atoms with Crippen molar-refractivity contribution in [2.75, 3.05) is 26.3 Å². The molecule has 2 aliphatic heterocycles. The Kier molecular flexibility index (Phi) is 16.7. The third-order valence-corrected chi connectivity index (χ3v) is 10.1. The molecule has 10 N–H and O–H groups in total. The summed E-state index contributed by atoms with van der Waals surface area (Å²) < 4.78 is 17.7. The molecule has 3 heterocycles. The van der Waals surface area contributed by atoms with Gasteiger partial charge in [-0.25, -0.2) is 4.68 Å². The third-order valence-electron chi connectivity index (χ3n) is 10.1.